The highest BCUT2D eigenvalue weighted by Gasteiger charge is 2.22. The van der Waals surface area contributed by atoms with Gasteiger partial charge in [0.15, 0.2) is 5.82 Å². The van der Waals surface area contributed by atoms with Gasteiger partial charge in [-0.1, -0.05) is 0 Å². The number of ether oxygens (including phenoxy) is 1. The summed E-state index contributed by atoms with van der Waals surface area (Å²) in [5, 5.41) is 11.7. The third kappa shape index (κ3) is 3.08. The lowest BCUT2D eigenvalue weighted by molar-refractivity contribution is -0.385. The Labute approximate surface area is 137 Å². The van der Waals surface area contributed by atoms with E-state index in [2.05, 4.69) is 25.9 Å². The topological polar surface area (TPSA) is 124 Å². The molecule has 0 saturated carbocycles. The highest BCUT2D eigenvalue weighted by Crippen LogP contribution is 2.33. The predicted octanol–water partition coefficient (Wildman–Crippen LogP) is 2.79. The number of nitro benzene ring substituents is 1. The van der Waals surface area contributed by atoms with E-state index in [9.17, 15) is 14.9 Å². The van der Waals surface area contributed by atoms with Crippen molar-refractivity contribution in [3.63, 3.8) is 0 Å². The standard InChI is InChI=1S/C11H9BrClN5O4/c1-2-22-11(19)17(14)9-5-3-6(12)8(18(20)21)4-7(5)15-10(13)16-9/h3-4H,2,14H2,1H3. The van der Waals surface area contributed by atoms with Crippen molar-refractivity contribution < 1.29 is 14.5 Å². The van der Waals surface area contributed by atoms with Crippen molar-refractivity contribution in [2.75, 3.05) is 11.6 Å². The summed E-state index contributed by atoms with van der Waals surface area (Å²) in [7, 11) is 0. The van der Waals surface area contributed by atoms with Crippen molar-refractivity contribution in [2.45, 2.75) is 6.92 Å². The van der Waals surface area contributed by atoms with Crippen LogP contribution in [0.25, 0.3) is 10.9 Å². The van der Waals surface area contributed by atoms with Crippen LogP contribution < -0.4 is 10.9 Å². The zero-order valence-corrected chi connectivity index (χ0v) is 13.5. The van der Waals surface area contributed by atoms with Crippen LogP contribution in [0.5, 0.6) is 0 Å². The number of amides is 1. The fourth-order valence-corrected chi connectivity index (χ4v) is 2.36. The SMILES string of the molecule is CCOC(=O)N(N)c1nc(Cl)nc2cc([N+](=O)[O-])c(Br)cc12. The third-order valence-corrected chi connectivity index (χ3v) is 3.41. The Kier molecular flexibility index (Phi) is 4.74. The maximum Gasteiger partial charge on any atom is 0.430 e. The minimum absolute atomic E-state index is 0.0240. The molecule has 1 heterocycles. The number of nitrogens with zero attached hydrogens (tertiary/aromatic N) is 4. The van der Waals surface area contributed by atoms with Gasteiger partial charge in [-0.15, -0.1) is 0 Å². The molecule has 0 aliphatic rings. The summed E-state index contributed by atoms with van der Waals surface area (Å²) in [6.45, 7) is 1.75. The quantitative estimate of drug-likeness (QED) is 0.281. The summed E-state index contributed by atoms with van der Waals surface area (Å²) in [4.78, 5) is 29.9. The largest absolute Gasteiger partial charge is 0.448 e. The average Bonchev–Trinajstić information content (AvgIpc) is 2.45. The number of anilines is 1. The van der Waals surface area contributed by atoms with Crippen molar-refractivity contribution in [3.8, 4) is 0 Å². The van der Waals surface area contributed by atoms with Crippen LogP contribution in [-0.4, -0.2) is 27.6 Å². The summed E-state index contributed by atoms with van der Waals surface area (Å²) in [5.74, 6) is 5.64. The average molecular weight is 391 g/mol. The molecule has 0 spiro atoms. The van der Waals surface area contributed by atoms with E-state index in [-0.39, 0.29) is 33.4 Å². The number of hydrogen-bond acceptors (Lipinski definition) is 7. The number of fused-ring (bicyclic) bond motifs is 1. The van der Waals surface area contributed by atoms with Gasteiger partial charge in [-0.25, -0.2) is 15.6 Å². The second-order valence-corrected chi connectivity index (χ2v) is 5.16. The van der Waals surface area contributed by atoms with Gasteiger partial charge in [-0.2, -0.15) is 9.99 Å². The van der Waals surface area contributed by atoms with Crippen LogP contribution in [0.15, 0.2) is 16.6 Å². The molecule has 0 radical (unpaired) electrons. The van der Waals surface area contributed by atoms with E-state index >= 15 is 0 Å². The Morgan fingerprint density at radius 3 is 2.82 bits per heavy atom. The lowest BCUT2D eigenvalue weighted by Gasteiger charge is -2.16. The van der Waals surface area contributed by atoms with Crippen molar-refractivity contribution in [1.82, 2.24) is 9.97 Å². The maximum absolute atomic E-state index is 11.7. The molecular formula is C11H9BrClN5O4. The van der Waals surface area contributed by atoms with Gasteiger partial charge in [-0.3, -0.25) is 10.1 Å². The molecule has 1 aromatic carbocycles. The molecule has 0 aliphatic heterocycles. The number of halogens is 2. The smallest absolute Gasteiger partial charge is 0.430 e. The zero-order chi connectivity index (χ0) is 16.4. The number of carbonyl (C=O) groups is 1. The Morgan fingerprint density at radius 2 is 2.23 bits per heavy atom. The lowest BCUT2D eigenvalue weighted by Crippen LogP contribution is -2.38. The highest BCUT2D eigenvalue weighted by molar-refractivity contribution is 9.10. The molecule has 1 amide bonds. The number of benzene rings is 1. The molecule has 0 unspecified atom stereocenters. The Bertz CT molecular complexity index is 772. The van der Waals surface area contributed by atoms with Gasteiger partial charge in [-0.05, 0) is 40.5 Å². The first-order chi connectivity index (χ1) is 10.3. The van der Waals surface area contributed by atoms with Gasteiger partial charge in [0.2, 0.25) is 5.28 Å². The van der Waals surface area contributed by atoms with E-state index in [0.29, 0.717) is 10.4 Å². The molecule has 2 rings (SSSR count). The fourth-order valence-electron chi connectivity index (χ4n) is 1.70. The second-order valence-electron chi connectivity index (χ2n) is 3.96. The highest BCUT2D eigenvalue weighted by atomic mass is 79.9. The number of nitro groups is 1. The molecule has 2 N–H and O–H groups in total. The molecule has 0 aliphatic carbocycles. The van der Waals surface area contributed by atoms with Crippen LogP contribution in [0.4, 0.5) is 16.3 Å². The van der Waals surface area contributed by atoms with Gasteiger partial charge >= 0.3 is 6.09 Å². The number of hydrogen-bond donors (Lipinski definition) is 1. The summed E-state index contributed by atoms with van der Waals surface area (Å²) in [5.41, 5.74) is -0.0300. The van der Waals surface area contributed by atoms with Crippen molar-refractivity contribution in [3.05, 3.63) is 32.0 Å². The molecule has 9 nitrogen and oxygen atoms in total. The number of rotatable bonds is 3. The van der Waals surface area contributed by atoms with Gasteiger partial charge in [0.25, 0.3) is 5.69 Å². The first-order valence-electron chi connectivity index (χ1n) is 5.88. The van der Waals surface area contributed by atoms with E-state index in [1.807, 2.05) is 0 Å². The van der Waals surface area contributed by atoms with E-state index in [1.54, 1.807) is 6.92 Å². The molecule has 0 saturated heterocycles. The Balaban J connectivity index is 2.67. The Hall–Kier alpha value is -2.04. The normalized spacial score (nSPS) is 10.5. The van der Waals surface area contributed by atoms with E-state index in [4.69, 9.17) is 22.2 Å². The number of hydrazine groups is 1. The van der Waals surface area contributed by atoms with Crippen molar-refractivity contribution in [1.29, 1.82) is 0 Å². The van der Waals surface area contributed by atoms with Crippen molar-refractivity contribution >= 4 is 56.0 Å². The van der Waals surface area contributed by atoms with Crippen LogP contribution in [0.2, 0.25) is 5.28 Å². The molecule has 116 valence electrons. The monoisotopic (exact) mass is 389 g/mol. The number of nitrogens with two attached hydrogens (primary N) is 1. The van der Waals surface area contributed by atoms with E-state index in [1.165, 1.54) is 12.1 Å². The second kappa shape index (κ2) is 6.38. The minimum Gasteiger partial charge on any atom is -0.448 e. The fraction of sp³-hybridized carbons (Fsp3) is 0.182. The predicted molar refractivity (Wildman–Crippen MR) is 82.6 cm³/mol. The van der Waals surface area contributed by atoms with Crippen LogP contribution in [-0.2, 0) is 4.74 Å². The summed E-state index contributed by atoms with van der Waals surface area (Å²) in [6.07, 6.45) is -0.840. The third-order valence-electron chi connectivity index (χ3n) is 2.61. The first-order valence-corrected chi connectivity index (χ1v) is 7.05. The van der Waals surface area contributed by atoms with Gasteiger partial charge < -0.3 is 4.74 Å². The lowest BCUT2D eigenvalue weighted by atomic mass is 10.2. The van der Waals surface area contributed by atoms with Gasteiger partial charge in [0, 0.05) is 11.5 Å². The Morgan fingerprint density at radius 1 is 1.55 bits per heavy atom. The van der Waals surface area contributed by atoms with Gasteiger partial charge in [0.1, 0.15) is 0 Å². The van der Waals surface area contributed by atoms with Crippen LogP contribution >= 0.6 is 27.5 Å². The first kappa shape index (κ1) is 16.3. The molecule has 22 heavy (non-hydrogen) atoms. The summed E-state index contributed by atoms with van der Waals surface area (Å²) in [6, 6.07) is 2.59. The van der Waals surface area contributed by atoms with E-state index < -0.39 is 11.0 Å². The maximum atomic E-state index is 11.7. The van der Waals surface area contributed by atoms with Crippen molar-refractivity contribution in [2.24, 2.45) is 5.84 Å². The molecule has 11 heteroatoms. The summed E-state index contributed by atoms with van der Waals surface area (Å²) >= 11 is 8.87. The van der Waals surface area contributed by atoms with Crippen LogP contribution in [0, 0.1) is 10.1 Å². The van der Waals surface area contributed by atoms with Crippen LogP contribution in [0.1, 0.15) is 6.92 Å². The number of carbonyl (C=O) groups excluding carboxylic acids is 1. The van der Waals surface area contributed by atoms with Gasteiger partial charge in [0.05, 0.1) is 21.5 Å². The van der Waals surface area contributed by atoms with Crippen LogP contribution in [0.3, 0.4) is 0 Å². The molecule has 0 fully saturated rings. The molecular weight excluding hydrogens is 382 g/mol. The molecule has 1 aromatic heterocycles. The molecule has 0 atom stereocenters. The number of aromatic nitrogens is 2. The zero-order valence-electron chi connectivity index (χ0n) is 11.1. The summed E-state index contributed by atoms with van der Waals surface area (Å²) < 4.78 is 4.97. The molecule has 0 bridgehead atoms. The van der Waals surface area contributed by atoms with E-state index in [0.717, 1.165) is 0 Å². The molecule has 2 aromatic rings. The minimum atomic E-state index is -0.840.